The Hall–Kier alpha value is -2.93. The summed E-state index contributed by atoms with van der Waals surface area (Å²) in [6.45, 7) is 1.80. The summed E-state index contributed by atoms with van der Waals surface area (Å²) in [6, 6.07) is 11.3. The van der Waals surface area contributed by atoms with Crippen molar-refractivity contribution in [3.8, 4) is 0 Å². The third kappa shape index (κ3) is 4.56. The molecule has 152 valence electrons. The summed E-state index contributed by atoms with van der Waals surface area (Å²) in [7, 11) is 0. The van der Waals surface area contributed by atoms with E-state index in [0.717, 1.165) is 13.0 Å². The van der Waals surface area contributed by atoms with Crippen molar-refractivity contribution in [3.63, 3.8) is 0 Å². The lowest BCUT2D eigenvalue weighted by Gasteiger charge is -2.45. The van der Waals surface area contributed by atoms with Crippen LogP contribution in [0, 0.1) is 0 Å². The number of nitrogens with one attached hydrogen (secondary N) is 2. The molecule has 2 aromatic rings. The van der Waals surface area contributed by atoms with E-state index in [4.69, 9.17) is 5.73 Å². The monoisotopic (exact) mass is 393 g/mol. The minimum Gasteiger partial charge on any atom is -0.399 e. The molecule has 1 saturated heterocycles. The molecule has 1 unspecified atom stereocenters. The molecule has 29 heavy (non-hydrogen) atoms. The molecular formula is C22H27N5O2. The molecule has 2 fully saturated rings. The van der Waals surface area contributed by atoms with Gasteiger partial charge in [-0.2, -0.15) is 0 Å². The second-order valence-corrected chi connectivity index (χ2v) is 7.84. The summed E-state index contributed by atoms with van der Waals surface area (Å²) in [6.07, 6.45) is 7.80. The van der Waals surface area contributed by atoms with Crippen LogP contribution in [0.15, 0.2) is 42.6 Å². The van der Waals surface area contributed by atoms with Gasteiger partial charge in [0.2, 0.25) is 0 Å². The number of carbonyl (C=O) groups is 2. The van der Waals surface area contributed by atoms with Gasteiger partial charge in [-0.1, -0.05) is 18.9 Å². The maximum atomic E-state index is 12.4. The lowest BCUT2D eigenvalue weighted by atomic mass is 9.98. The molecule has 2 aliphatic rings. The molecule has 1 aromatic heterocycles. The number of aromatic nitrogens is 1. The predicted molar refractivity (Wildman–Crippen MR) is 113 cm³/mol. The number of benzene rings is 1. The molecule has 0 radical (unpaired) electrons. The minimum absolute atomic E-state index is 0.154. The quantitative estimate of drug-likeness (QED) is 0.655. The molecule has 4 rings (SSSR count). The van der Waals surface area contributed by atoms with Gasteiger partial charge in [0.15, 0.2) is 0 Å². The molecule has 4 N–H and O–H groups in total. The number of likely N-dealkylation sites (tertiary alicyclic amines) is 1. The molecule has 0 spiro atoms. The van der Waals surface area contributed by atoms with E-state index in [-0.39, 0.29) is 17.5 Å². The molecule has 1 atom stereocenters. The Labute approximate surface area is 170 Å². The van der Waals surface area contributed by atoms with Crippen molar-refractivity contribution in [1.29, 1.82) is 0 Å². The SMILES string of the molecule is Nc1cccc(NC(=O)c2ccc(C(=O)NCC3CCN3C3CCCC3)cn2)c1. The van der Waals surface area contributed by atoms with Gasteiger partial charge < -0.3 is 16.4 Å². The van der Waals surface area contributed by atoms with Gasteiger partial charge in [-0.05, 0) is 49.6 Å². The fraction of sp³-hybridized carbons (Fsp3) is 0.409. The zero-order valence-corrected chi connectivity index (χ0v) is 16.4. The Balaban J connectivity index is 1.29. The van der Waals surface area contributed by atoms with Gasteiger partial charge in [0.05, 0.1) is 5.56 Å². The molecule has 1 saturated carbocycles. The average Bonchev–Trinajstić information content (AvgIpc) is 3.21. The van der Waals surface area contributed by atoms with E-state index in [2.05, 4.69) is 20.5 Å². The largest absolute Gasteiger partial charge is 0.399 e. The van der Waals surface area contributed by atoms with E-state index in [1.54, 1.807) is 36.4 Å². The van der Waals surface area contributed by atoms with Gasteiger partial charge in [0.25, 0.3) is 11.8 Å². The number of amides is 2. The summed E-state index contributed by atoms with van der Waals surface area (Å²) in [5, 5.41) is 5.76. The van der Waals surface area contributed by atoms with Crippen molar-refractivity contribution in [1.82, 2.24) is 15.2 Å². The van der Waals surface area contributed by atoms with Crippen LogP contribution in [0.5, 0.6) is 0 Å². The highest BCUT2D eigenvalue weighted by atomic mass is 16.2. The number of nitrogen functional groups attached to an aromatic ring is 1. The highest BCUT2D eigenvalue weighted by Crippen LogP contribution is 2.30. The lowest BCUT2D eigenvalue weighted by molar-refractivity contribution is 0.0425. The number of anilines is 2. The summed E-state index contributed by atoms with van der Waals surface area (Å²) in [5.41, 5.74) is 7.59. The van der Waals surface area contributed by atoms with Gasteiger partial charge >= 0.3 is 0 Å². The highest BCUT2D eigenvalue weighted by Gasteiger charge is 2.35. The number of hydrogen-bond donors (Lipinski definition) is 3. The zero-order chi connectivity index (χ0) is 20.2. The Morgan fingerprint density at radius 2 is 1.93 bits per heavy atom. The van der Waals surface area contributed by atoms with E-state index < -0.39 is 0 Å². The first-order chi connectivity index (χ1) is 14.1. The minimum atomic E-state index is -0.343. The third-order valence-electron chi connectivity index (χ3n) is 5.88. The number of carbonyl (C=O) groups excluding carboxylic acids is 2. The topological polar surface area (TPSA) is 100 Å². The highest BCUT2D eigenvalue weighted by molar-refractivity contribution is 6.03. The van der Waals surface area contributed by atoms with Crippen molar-refractivity contribution >= 4 is 23.2 Å². The Kier molecular flexibility index (Phi) is 5.76. The van der Waals surface area contributed by atoms with E-state index in [1.807, 2.05) is 0 Å². The fourth-order valence-corrected chi connectivity index (χ4v) is 4.18. The van der Waals surface area contributed by atoms with Crippen molar-refractivity contribution < 1.29 is 9.59 Å². The van der Waals surface area contributed by atoms with Crippen LogP contribution in [0.3, 0.4) is 0 Å². The number of nitrogens with two attached hydrogens (primary N) is 1. The summed E-state index contributed by atoms with van der Waals surface area (Å²) in [4.78, 5) is 31.4. The summed E-state index contributed by atoms with van der Waals surface area (Å²) < 4.78 is 0. The smallest absolute Gasteiger partial charge is 0.274 e. The Morgan fingerprint density at radius 1 is 1.10 bits per heavy atom. The van der Waals surface area contributed by atoms with E-state index in [0.29, 0.717) is 35.6 Å². The number of rotatable bonds is 6. The van der Waals surface area contributed by atoms with Crippen LogP contribution in [-0.2, 0) is 0 Å². The van der Waals surface area contributed by atoms with Crippen molar-refractivity contribution in [2.75, 3.05) is 24.1 Å². The number of pyridine rings is 1. The molecular weight excluding hydrogens is 366 g/mol. The van der Waals surface area contributed by atoms with Crippen LogP contribution < -0.4 is 16.4 Å². The molecule has 0 bridgehead atoms. The Morgan fingerprint density at radius 3 is 2.59 bits per heavy atom. The molecule has 1 aromatic carbocycles. The summed E-state index contributed by atoms with van der Waals surface area (Å²) in [5.74, 6) is -0.497. The molecule has 7 nitrogen and oxygen atoms in total. The summed E-state index contributed by atoms with van der Waals surface area (Å²) >= 11 is 0. The molecule has 1 aliphatic heterocycles. The normalized spacial score (nSPS) is 19.5. The van der Waals surface area contributed by atoms with Crippen LogP contribution in [0.4, 0.5) is 11.4 Å². The van der Waals surface area contributed by atoms with Crippen molar-refractivity contribution in [2.45, 2.75) is 44.2 Å². The van der Waals surface area contributed by atoms with Crippen molar-refractivity contribution in [3.05, 3.63) is 53.9 Å². The molecule has 2 amide bonds. The van der Waals surface area contributed by atoms with Crippen LogP contribution in [0.1, 0.15) is 53.0 Å². The lowest BCUT2D eigenvalue weighted by Crippen LogP contribution is -2.56. The maximum absolute atomic E-state index is 12.4. The van der Waals surface area contributed by atoms with E-state index in [1.165, 1.54) is 31.9 Å². The van der Waals surface area contributed by atoms with Gasteiger partial charge in [-0.25, -0.2) is 0 Å². The van der Waals surface area contributed by atoms with E-state index >= 15 is 0 Å². The maximum Gasteiger partial charge on any atom is 0.274 e. The molecule has 1 aliphatic carbocycles. The first kappa shape index (κ1) is 19.4. The molecule has 7 heteroatoms. The fourth-order valence-electron chi connectivity index (χ4n) is 4.18. The van der Waals surface area contributed by atoms with Crippen LogP contribution in [-0.4, -0.2) is 46.9 Å². The van der Waals surface area contributed by atoms with Gasteiger partial charge in [-0.3, -0.25) is 19.5 Å². The van der Waals surface area contributed by atoms with Gasteiger partial charge in [0, 0.05) is 42.7 Å². The first-order valence-electron chi connectivity index (χ1n) is 10.3. The van der Waals surface area contributed by atoms with Crippen LogP contribution >= 0.6 is 0 Å². The second kappa shape index (κ2) is 8.61. The average molecular weight is 393 g/mol. The van der Waals surface area contributed by atoms with Crippen LogP contribution in [0.25, 0.3) is 0 Å². The van der Waals surface area contributed by atoms with E-state index in [9.17, 15) is 9.59 Å². The molecule has 2 heterocycles. The van der Waals surface area contributed by atoms with Gasteiger partial charge in [-0.15, -0.1) is 0 Å². The zero-order valence-electron chi connectivity index (χ0n) is 16.4. The second-order valence-electron chi connectivity index (χ2n) is 7.84. The van der Waals surface area contributed by atoms with Gasteiger partial charge in [0.1, 0.15) is 5.69 Å². The standard InChI is InChI=1S/C22H27N5O2/c23-16-4-3-5-17(12-16)26-22(29)20-9-8-15(13-24-20)21(28)25-14-19-10-11-27(19)18-6-1-2-7-18/h3-5,8-9,12-13,18-19H,1-2,6-7,10-11,14,23H2,(H,25,28)(H,26,29). The number of nitrogens with zero attached hydrogens (tertiary/aromatic N) is 2. The third-order valence-corrected chi connectivity index (χ3v) is 5.88. The van der Waals surface area contributed by atoms with Crippen LogP contribution in [0.2, 0.25) is 0 Å². The van der Waals surface area contributed by atoms with Crippen molar-refractivity contribution in [2.24, 2.45) is 0 Å². The predicted octanol–water partition coefficient (Wildman–Crippen LogP) is 2.66. The number of hydrogen-bond acceptors (Lipinski definition) is 5. The first-order valence-corrected chi connectivity index (χ1v) is 10.3. The Bertz CT molecular complexity index is 877.